The summed E-state index contributed by atoms with van der Waals surface area (Å²) in [5, 5.41) is 0. The van der Waals surface area contributed by atoms with Crippen LogP contribution in [0.1, 0.15) is 6.92 Å². The molecule has 0 saturated carbocycles. The second-order valence-corrected chi connectivity index (χ2v) is 3.24. The minimum Gasteiger partial charge on any atom is -0.382 e. The van der Waals surface area contributed by atoms with Crippen LogP contribution in [0.4, 0.5) is 0 Å². The molecule has 0 aromatic rings. The van der Waals surface area contributed by atoms with E-state index in [-0.39, 0.29) is 5.78 Å². The molecular formula is C9H17N3O. The fourth-order valence-electron chi connectivity index (χ4n) is 0.637. The topological polar surface area (TPSA) is 35.9 Å². The SMILES string of the molecule is CC(=O)/C(=C\N(C)C)N=CN(C)C. The number of ketones is 1. The number of carbonyl (C=O) groups is 1. The number of nitrogens with zero attached hydrogens (tertiary/aromatic N) is 3. The Balaban J connectivity index is 4.54. The Hall–Kier alpha value is -1.32. The third-order valence-electron chi connectivity index (χ3n) is 1.17. The highest BCUT2D eigenvalue weighted by atomic mass is 16.1. The van der Waals surface area contributed by atoms with Crippen LogP contribution in [0.3, 0.4) is 0 Å². The molecule has 0 aliphatic heterocycles. The van der Waals surface area contributed by atoms with Gasteiger partial charge in [-0.2, -0.15) is 0 Å². The Morgan fingerprint density at radius 1 is 1.15 bits per heavy atom. The minimum atomic E-state index is -0.0354. The molecular weight excluding hydrogens is 166 g/mol. The van der Waals surface area contributed by atoms with E-state index >= 15 is 0 Å². The first-order valence-corrected chi connectivity index (χ1v) is 4.03. The molecule has 0 atom stereocenters. The van der Waals surface area contributed by atoms with Crippen LogP contribution >= 0.6 is 0 Å². The lowest BCUT2D eigenvalue weighted by Crippen LogP contribution is -2.10. The molecule has 4 heteroatoms. The number of allylic oxidation sites excluding steroid dienone is 1. The van der Waals surface area contributed by atoms with Crippen LogP contribution in [0.25, 0.3) is 0 Å². The predicted octanol–water partition coefficient (Wildman–Crippen LogP) is 0.568. The Kier molecular flexibility index (Phi) is 4.80. The van der Waals surface area contributed by atoms with Crippen LogP contribution in [0.5, 0.6) is 0 Å². The Labute approximate surface area is 79.5 Å². The summed E-state index contributed by atoms with van der Waals surface area (Å²) >= 11 is 0. The normalized spacial score (nSPS) is 11.9. The largest absolute Gasteiger partial charge is 0.382 e. The lowest BCUT2D eigenvalue weighted by Gasteiger charge is -2.07. The molecule has 0 amide bonds. The van der Waals surface area contributed by atoms with Gasteiger partial charge in [0.15, 0.2) is 5.78 Å². The molecule has 0 saturated heterocycles. The zero-order valence-corrected chi connectivity index (χ0v) is 8.90. The summed E-state index contributed by atoms with van der Waals surface area (Å²) in [5.41, 5.74) is 0.457. The first-order chi connectivity index (χ1) is 5.93. The molecule has 13 heavy (non-hydrogen) atoms. The molecule has 74 valence electrons. The van der Waals surface area contributed by atoms with Crippen molar-refractivity contribution in [2.45, 2.75) is 6.92 Å². The van der Waals surface area contributed by atoms with Crippen LogP contribution in [-0.4, -0.2) is 50.1 Å². The van der Waals surface area contributed by atoms with Crippen molar-refractivity contribution in [2.75, 3.05) is 28.2 Å². The average Bonchev–Trinajstić information content (AvgIpc) is 1.96. The van der Waals surface area contributed by atoms with Crippen molar-refractivity contribution in [3.8, 4) is 0 Å². The van der Waals surface area contributed by atoms with Crippen LogP contribution in [-0.2, 0) is 4.79 Å². The monoisotopic (exact) mass is 183 g/mol. The van der Waals surface area contributed by atoms with E-state index in [1.807, 2.05) is 28.2 Å². The smallest absolute Gasteiger partial charge is 0.179 e. The first kappa shape index (κ1) is 11.7. The summed E-state index contributed by atoms with van der Waals surface area (Å²) in [5.74, 6) is -0.0354. The third-order valence-corrected chi connectivity index (χ3v) is 1.17. The first-order valence-electron chi connectivity index (χ1n) is 4.03. The van der Waals surface area contributed by atoms with Gasteiger partial charge in [0.1, 0.15) is 5.70 Å². The lowest BCUT2D eigenvalue weighted by atomic mass is 10.3. The molecule has 0 unspecified atom stereocenters. The van der Waals surface area contributed by atoms with Gasteiger partial charge in [-0.3, -0.25) is 4.79 Å². The van der Waals surface area contributed by atoms with E-state index in [4.69, 9.17) is 0 Å². The van der Waals surface area contributed by atoms with Gasteiger partial charge >= 0.3 is 0 Å². The van der Waals surface area contributed by atoms with E-state index in [2.05, 4.69) is 4.99 Å². The molecule has 0 N–H and O–H groups in total. The number of carbonyl (C=O) groups excluding carboxylic acids is 1. The molecule has 4 nitrogen and oxygen atoms in total. The zero-order valence-electron chi connectivity index (χ0n) is 8.90. The molecule has 0 aromatic carbocycles. The molecule has 0 spiro atoms. The van der Waals surface area contributed by atoms with Crippen molar-refractivity contribution in [1.82, 2.24) is 9.80 Å². The highest BCUT2D eigenvalue weighted by Crippen LogP contribution is 1.98. The number of hydrogen-bond acceptors (Lipinski definition) is 3. The van der Waals surface area contributed by atoms with Gasteiger partial charge < -0.3 is 9.80 Å². The van der Waals surface area contributed by atoms with Crippen molar-refractivity contribution in [2.24, 2.45) is 4.99 Å². The van der Waals surface area contributed by atoms with Gasteiger partial charge in [0.2, 0.25) is 0 Å². The van der Waals surface area contributed by atoms with Gasteiger partial charge in [-0.15, -0.1) is 0 Å². The Morgan fingerprint density at radius 2 is 1.69 bits per heavy atom. The summed E-state index contributed by atoms with van der Waals surface area (Å²) in [6.07, 6.45) is 3.30. The van der Waals surface area contributed by atoms with Crippen molar-refractivity contribution < 1.29 is 4.79 Å². The third kappa shape index (κ3) is 5.90. The molecule has 0 fully saturated rings. The second-order valence-electron chi connectivity index (χ2n) is 3.24. The fraction of sp³-hybridized carbons (Fsp3) is 0.556. The maximum absolute atomic E-state index is 11.1. The van der Waals surface area contributed by atoms with E-state index in [1.54, 1.807) is 22.3 Å². The fourth-order valence-corrected chi connectivity index (χ4v) is 0.637. The van der Waals surface area contributed by atoms with Gasteiger partial charge in [0, 0.05) is 41.3 Å². The quantitative estimate of drug-likeness (QED) is 0.363. The van der Waals surface area contributed by atoms with E-state index < -0.39 is 0 Å². The summed E-state index contributed by atoms with van der Waals surface area (Å²) in [6, 6.07) is 0. The molecule has 0 rings (SSSR count). The maximum atomic E-state index is 11.1. The zero-order chi connectivity index (χ0) is 10.4. The molecule has 0 aromatic heterocycles. The molecule has 0 aliphatic carbocycles. The van der Waals surface area contributed by atoms with E-state index in [0.717, 1.165) is 0 Å². The highest BCUT2D eigenvalue weighted by Gasteiger charge is 2.00. The Bertz CT molecular complexity index is 229. The predicted molar refractivity (Wildman–Crippen MR) is 54.6 cm³/mol. The summed E-state index contributed by atoms with van der Waals surface area (Å²) in [4.78, 5) is 18.7. The standard InChI is InChI=1S/C9H17N3O/c1-8(13)9(6-11(2)3)10-7-12(4)5/h6-7H,1-5H3/b9-6+,10-7?. The molecule has 0 radical (unpaired) electrons. The number of hydrogen-bond donors (Lipinski definition) is 0. The molecule has 0 aliphatic rings. The maximum Gasteiger partial charge on any atom is 0.179 e. The van der Waals surface area contributed by atoms with Crippen molar-refractivity contribution in [3.05, 3.63) is 11.9 Å². The average molecular weight is 183 g/mol. The number of aliphatic imine (C=N–C) groups is 1. The summed E-state index contributed by atoms with van der Waals surface area (Å²) in [6.45, 7) is 1.50. The summed E-state index contributed by atoms with van der Waals surface area (Å²) in [7, 11) is 7.43. The van der Waals surface area contributed by atoms with Crippen molar-refractivity contribution >= 4 is 12.1 Å². The van der Waals surface area contributed by atoms with Crippen LogP contribution in [0, 0.1) is 0 Å². The lowest BCUT2D eigenvalue weighted by molar-refractivity contribution is -0.113. The van der Waals surface area contributed by atoms with Gasteiger partial charge in [-0.1, -0.05) is 0 Å². The van der Waals surface area contributed by atoms with Gasteiger partial charge in [-0.05, 0) is 0 Å². The molecule has 0 bridgehead atoms. The van der Waals surface area contributed by atoms with E-state index in [1.165, 1.54) is 6.92 Å². The highest BCUT2D eigenvalue weighted by molar-refractivity contribution is 5.94. The second kappa shape index (κ2) is 5.35. The number of Topliss-reactive ketones (excluding diaryl/α,β-unsaturated/α-hetero) is 1. The van der Waals surface area contributed by atoms with Gasteiger partial charge in [0.25, 0.3) is 0 Å². The Morgan fingerprint density at radius 3 is 2.00 bits per heavy atom. The van der Waals surface area contributed by atoms with Crippen LogP contribution < -0.4 is 0 Å². The van der Waals surface area contributed by atoms with Crippen LogP contribution in [0.2, 0.25) is 0 Å². The van der Waals surface area contributed by atoms with E-state index in [0.29, 0.717) is 5.70 Å². The van der Waals surface area contributed by atoms with Crippen molar-refractivity contribution in [1.29, 1.82) is 0 Å². The van der Waals surface area contributed by atoms with E-state index in [9.17, 15) is 4.79 Å². The summed E-state index contributed by atoms with van der Waals surface area (Å²) < 4.78 is 0. The van der Waals surface area contributed by atoms with Gasteiger partial charge in [-0.25, -0.2) is 4.99 Å². The van der Waals surface area contributed by atoms with Crippen molar-refractivity contribution in [3.63, 3.8) is 0 Å². The molecule has 0 heterocycles. The minimum absolute atomic E-state index is 0.0354. The van der Waals surface area contributed by atoms with Crippen LogP contribution in [0.15, 0.2) is 16.9 Å². The number of rotatable bonds is 4. The van der Waals surface area contributed by atoms with Gasteiger partial charge in [0.05, 0.1) is 6.34 Å².